The molecule has 3 aliphatic heterocycles. The van der Waals surface area contributed by atoms with Crippen molar-refractivity contribution in [3.63, 3.8) is 0 Å². The van der Waals surface area contributed by atoms with Crippen molar-refractivity contribution < 1.29 is 14.3 Å². The number of nitrogens with zero attached hydrogens (tertiary/aromatic N) is 6. The molecule has 3 aliphatic rings. The highest BCUT2D eigenvalue weighted by Gasteiger charge is 2.40. The molecule has 2 aromatic carbocycles. The summed E-state index contributed by atoms with van der Waals surface area (Å²) >= 11 is 1.62. The van der Waals surface area contributed by atoms with Gasteiger partial charge >= 0.3 is 0 Å². The van der Waals surface area contributed by atoms with Crippen molar-refractivity contribution in [3.05, 3.63) is 64.0 Å². The van der Waals surface area contributed by atoms with Gasteiger partial charge in [-0.1, -0.05) is 23.8 Å². The number of anilines is 1. The minimum Gasteiger partial charge on any atom is -0.488 e. The van der Waals surface area contributed by atoms with Crippen LogP contribution in [-0.4, -0.2) is 84.4 Å². The maximum atomic E-state index is 12.1. The number of carbonyl (C=O) groups is 2. The molecule has 0 N–H and O–H groups in total. The molecule has 3 atom stereocenters. The lowest BCUT2D eigenvalue weighted by molar-refractivity contribution is -0.134. The van der Waals surface area contributed by atoms with Crippen molar-refractivity contribution >= 4 is 28.7 Å². The number of carbonyl (C=O) groups excluding carboxylic acids is 2. The summed E-state index contributed by atoms with van der Waals surface area (Å²) in [6.45, 7) is 7.41. The first-order chi connectivity index (χ1) is 19.9. The Bertz CT molecular complexity index is 1490. The number of ether oxygens (including phenoxy) is 1. The lowest BCUT2D eigenvalue weighted by Crippen LogP contribution is -2.51. The highest BCUT2D eigenvalue weighted by molar-refractivity contribution is 7.14. The van der Waals surface area contributed by atoms with Crippen LogP contribution in [-0.2, 0) is 22.7 Å². The number of aryl methyl sites for hydroxylation is 1. The average molecular weight is 571 g/mol. The van der Waals surface area contributed by atoms with Crippen molar-refractivity contribution in [2.45, 2.75) is 32.5 Å². The predicted octanol–water partition coefficient (Wildman–Crippen LogP) is 3.51. The molecule has 0 radical (unpaired) electrons. The monoisotopic (exact) mass is 570 g/mol. The van der Waals surface area contributed by atoms with E-state index in [4.69, 9.17) is 9.72 Å². The highest BCUT2D eigenvalue weighted by atomic mass is 32.1. The summed E-state index contributed by atoms with van der Waals surface area (Å²) in [7, 11) is 1.83. The molecule has 3 saturated heterocycles. The Hall–Kier alpha value is -3.78. The predicted molar refractivity (Wildman–Crippen MR) is 158 cm³/mol. The van der Waals surface area contributed by atoms with Gasteiger partial charge in [0.2, 0.25) is 5.91 Å². The first-order valence-electron chi connectivity index (χ1n) is 14.0. The third-order valence-corrected chi connectivity index (χ3v) is 9.33. The van der Waals surface area contributed by atoms with E-state index in [0.717, 1.165) is 77.8 Å². The molecule has 3 fully saturated rings. The standard InChI is InChI=1S/C31H34N6O3S/c1-21-3-6-29(26(11-21)27-19-41-31(33-27)37-15-23-7-8-36(20-37)28(23)17-38)40-18-24-5-4-22(12-25(24)13-32)14-35-10-9-34(2)30(39)16-35/h3-6,11-12,17,19,23,28H,7-10,14-16,18,20H2,1-2H3/t23?,28-/m0/s1. The molecule has 1 aromatic heterocycles. The molecular weight excluding hydrogens is 536 g/mol. The fourth-order valence-corrected chi connectivity index (χ4v) is 6.85. The van der Waals surface area contributed by atoms with E-state index in [1.54, 1.807) is 16.2 Å². The minimum atomic E-state index is 0.0332. The van der Waals surface area contributed by atoms with E-state index in [9.17, 15) is 14.9 Å². The van der Waals surface area contributed by atoms with Crippen LogP contribution in [0.2, 0.25) is 0 Å². The lowest BCUT2D eigenvalue weighted by atomic mass is 10.00. The summed E-state index contributed by atoms with van der Waals surface area (Å²) < 4.78 is 6.31. The fourth-order valence-electron chi connectivity index (χ4n) is 6.02. The van der Waals surface area contributed by atoms with Gasteiger partial charge in [0, 0.05) is 62.2 Å². The molecule has 2 bridgehead atoms. The Labute approximate surface area is 244 Å². The van der Waals surface area contributed by atoms with Crippen molar-refractivity contribution in [2.24, 2.45) is 5.92 Å². The van der Waals surface area contributed by atoms with Crippen molar-refractivity contribution in [1.29, 1.82) is 5.26 Å². The zero-order valence-corrected chi connectivity index (χ0v) is 24.3. The molecule has 10 heteroatoms. The Kier molecular flexibility index (Phi) is 7.75. The molecule has 6 rings (SSSR count). The maximum Gasteiger partial charge on any atom is 0.236 e. The Morgan fingerprint density at radius 3 is 2.85 bits per heavy atom. The maximum absolute atomic E-state index is 12.1. The van der Waals surface area contributed by atoms with Gasteiger partial charge in [-0.05, 0) is 37.1 Å². The number of hydrogen-bond acceptors (Lipinski definition) is 9. The normalized spacial score (nSPS) is 22.6. The third-order valence-electron chi connectivity index (χ3n) is 8.43. The smallest absolute Gasteiger partial charge is 0.236 e. The average Bonchev–Trinajstić information content (AvgIpc) is 3.56. The van der Waals surface area contributed by atoms with Crippen LogP contribution in [0.4, 0.5) is 5.13 Å². The summed E-state index contributed by atoms with van der Waals surface area (Å²) in [5.41, 5.74) is 5.31. The molecule has 0 aliphatic carbocycles. The molecule has 0 spiro atoms. The van der Waals surface area contributed by atoms with E-state index in [1.807, 2.05) is 37.4 Å². The summed E-state index contributed by atoms with van der Waals surface area (Å²) in [4.78, 5) is 37.0. The molecule has 2 unspecified atom stereocenters. The van der Waals surface area contributed by atoms with Crippen LogP contribution in [0.25, 0.3) is 11.3 Å². The van der Waals surface area contributed by atoms with Gasteiger partial charge in [0.1, 0.15) is 18.6 Å². The van der Waals surface area contributed by atoms with E-state index in [-0.39, 0.29) is 18.6 Å². The molecule has 212 valence electrons. The van der Waals surface area contributed by atoms with Crippen molar-refractivity contribution in [1.82, 2.24) is 19.7 Å². The zero-order valence-electron chi connectivity index (χ0n) is 23.5. The van der Waals surface area contributed by atoms with Gasteiger partial charge < -0.3 is 19.3 Å². The van der Waals surface area contributed by atoms with Gasteiger partial charge in [0.15, 0.2) is 5.13 Å². The number of benzene rings is 2. The van der Waals surface area contributed by atoms with E-state index >= 15 is 0 Å². The van der Waals surface area contributed by atoms with Crippen LogP contribution < -0.4 is 9.64 Å². The van der Waals surface area contributed by atoms with E-state index in [0.29, 0.717) is 31.1 Å². The number of aldehydes is 1. The Morgan fingerprint density at radius 1 is 1.20 bits per heavy atom. The van der Waals surface area contributed by atoms with Crippen LogP contribution >= 0.6 is 11.3 Å². The molecular formula is C31H34N6O3S. The van der Waals surface area contributed by atoms with Crippen LogP contribution in [0, 0.1) is 24.2 Å². The Morgan fingerprint density at radius 2 is 2.07 bits per heavy atom. The molecule has 3 aromatic rings. The molecule has 0 saturated carbocycles. The van der Waals surface area contributed by atoms with Gasteiger partial charge in [-0.25, -0.2) is 4.98 Å². The van der Waals surface area contributed by atoms with Crippen molar-refractivity contribution in [3.8, 4) is 23.1 Å². The number of rotatable bonds is 8. The second-order valence-corrected chi connectivity index (χ2v) is 12.1. The summed E-state index contributed by atoms with van der Waals surface area (Å²) in [5, 5.41) is 12.9. The number of fused-ring (bicyclic) bond motifs is 2. The van der Waals surface area contributed by atoms with Gasteiger partial charge in [0.25, 0.3) is 0 Å². The largest absolute Gasteiger partial charge is 0.488 e. The zero-order chi connectivity index (χ0) is 28.5. The second-order valence-electron chi connectivity index (χ2n) is 11.3. The van der Waals surface area contributed by atoms with Gasteiger partial charge in [-0.2, -0.15) is 5.26 Å². The molecule has 1 amide bonds. The first kappa shape index (κ1) is 27.4. The molecule has 9 nitrogen and oxygen atoms in total. The van der Waals surface area contributed by atoms with E-state index < -0.39 is 0 Å². The number of hydrogen-bond donors (Lipinski definition) is 0. The SMILES string of the molecule is Cc1ccc(OCc2ccc(CN3CCN(C)C(=O)C3)cc2C#N)c(-c2csc(N3CC4CCN(C3)[C@H]4C=O)n2)c1. The quantitative estimate of drug-likeness (QED) is 0.380. The van der Waals surface area contributed by atoms with E-state index in [1.165, 1.54) is 0 Å². The topological polar surface area (TPSA) is 93.0 Å². The summed E-state index contributed by atoms with van der Waals surface area (Å²) in [5.74, 6) is 1.20. The second kappa shape index (κ2) is 11.6. The van der Waals surface area contributed by atoms with Gasteiger partial charge in [-0.15, -0.1) is 11.3 Å². The van der Waals surface area contributed by atoms with Crippen molar-refractivity contribution in [2.75, 3.05) is 51.3 Å². The minimum absolute atomic E-state index is 0.0332. The van der Waals surface area contributed by atoms with Crippen LogP contribution in [0.5, 0.6) is 5.75 Å². The lowest BCUT2D eigenvalue weighted by Gasteiger charge is -2.37. The van der Waals surface area contributed by atoms with Gasteiger partial charge in [0.05, 0.1) is 36.6 Å². The third kappa shape index (κ3) is 5.71. The fraction of sp³-hybridized carbons (Fsp3) is 0.419. The van der Waals surface area contributed by atoms with Gasteiger partial charge in [-0.3, -0.25) is 14.6 Å². The highest BCUT2D eigenvalue weighted by Crippen LogP contribution is 2.37. The number of thiazole rings is 1. The Balaban J connectivity index is 1.16. The number of aromatic nitrogens is 1. The number of amides is 1. The van der Waals surface area contributed by atoms with Crippen LogP contribution in [0.1, 0.15) is 28.7 Å². The number of piperazine rings is 1. The number of likely N-dealkylation sites (N-methyl/N-ethyl adjacent to an activating group) is 1. The number of nitriles is 1. The van der Waals surface area contributed by atoms with Crippen LogP contribution in [0.15, 0.2) is 41.8 Å². The molecule has 4 heterocycles. The van der Waals surface area contributed by atoms with E-state index in [2.05, 4.69) is 39.1 Å². The summed E-state index contributed by atoms with van der Waals surface area (Å²) in [6.07, 6.45) is 2.15. The molecule has 41 heavy (non-hydrogen) atoms. The van der Waals surface area contributed by atoms with Crippen LogP contribution in [0.3, 0.4) is 0 Å². The first-order valence-corrected chi connectivity index (χ1v) is 14.9. The summed E-state index contributed by atoms with van der Waals surface area (Å²) in [6, 6.07) is 14.3.